The molecule has 0 saturated carbocycles. The number of pyridine rings is 1. The fourth-order valence-corrected chi connectivity index (χ4v) is 2.66. The van der Waals surface area contributed by atoms with Crippen LogP contribution in [-0.2, 0) is 10.0 Å². The van der Waals surface area contributed by atoms with Crippen LogP contribution in [0.3, 0.4) is 0 Å². The fraction of sp³-hybridized carbons (Fsp3) is 0.154. The van der Waals surface area contributed by atoms with E-state index in [2.05, 4.69) is 9.71 Å². The molecule has 0 spiro atoms. The molecule has 1 aromatic heterocycles. The number of methoxy groups -OCH3 is 2. The van der Waals surface area contributed by atoms with E-state index in [-0.39, 0.29) is 16.5 Å². The zero-order chi connectivity index (χ0) is 15.5. The number of benzene rings is 1. The summed E-state index contributed by atoms with van der Waals surface area (Å²) in [6.07, 6.45) is 0. The van der Waals surface area contributed by atoms with Crippen LogP contribution in [0.2, 0.25) is 0 Å². The molecule has 21 heavy (non-hydrogen) atoms. The van der Waals surface area contributed by atoms with E-state index < -0.39 is 16.0 Å². The van der Waals surface area contributed by atoms with Crippen LogP contribution in [0.4, 0.5) is 10.2 Å². The van der Waals surface area contributed by atoms with Crippen molar-refractivity contribution >= 4 is 15.8 Å². The molecule has 0 aliphatic rings. The van der Waals surface area contributed by atoms with Gasteiger partial charge < -0.3 is 9.47 Å². The molecule has 1 N–H and O–H groups in total. The summed E-state index contributed by atoms with van der Waals surface area (Å²) in [6.45, 7) is 0. The molecule has 8 heteroatoms. The maximum Gasteiger partial charge on any atom is 0.263 e. The summed E-state index contributed by atoms with van der Waals surface area (Å²) in [5, 5.41) is 0. The largest absolute Gasteiger partial charge is 0.493 e. The van der Waals surface area contributed by atoms with E-state index >= 15 is 0 Å². The minimum atomic E-state index is -3.90. The molecule has 0 saturated heterocycles. The van der Waals surface area contributed by atoms with Crippen molar-refractivity contribution in [1.82, 2.24) is 4.98 Å². The Kier molecular flexibility index (Phi) is 4.27. The Bertz CT molecular complexity index is 750. The first kappa shape index (κ1) is 15.0. The van der Waals surface area contributed by atoms with Crippen LogP contribution >= 0.6 is 0 Å². The minimum absolute atomic E-state index is 0.0498. The Labute approximate surface area is 121 Å². The number of anilines is 1. The van der Waals surface area contributed by atoms with Crippen LogP contribution in [0.1, 0.15) is 0 Å². The lowest BCUT2D eigenvalue weighted by atomic mass is 10.3. The van der Waals surface area contributed by atoms with Gasteiger partial charge in [-0.1, -0.05) is 6.07 Å². The van der Waals surface area contributed by atoms with Gasteiger partial charge in [-0.3, -0.25) is 4.72 Å². The summed E-state index contributed by atoms with van der Waals surface area (Å²) < 4.78 is 49.7. The van der Waals surface area contributed by atoms with Gasteiger partial charge in [0.2, 0.25) is 5.95 Å². The van der Waals surface area contributed by atoms with Gasteiger partial charge in [-0.15, -0.1) is 0 Å². The average molecular weight is 312 g/mol. The number of hydrogen-bond donors (Lipinski definition) is 1. The Morgan fingerprint density at radius 2 is 1.81 bits per heavy atom. The lowest BCUT2D eigenvalue weighted by Gasteiger charge is -2.11. The number of aromatic nitrogens is 1. The number of rotatable bonds is 5. The van der Waals surface area contributed by atoms with Crippen molar-refractivity contribution < 1.29 is 22.3 Å². The molecule has 0 fully saturated rings. The van der Waals surface area contributed by atoms with Crippen LogP contribution in [0.25, 0.3) is 0 Å². The summed E-state index contributed by atoms with van der Waals surface area (Å²) in [6, 6.07) is 7.94. The number of ether oxygens (including phenoxy) is 2. The number of sulfonamides is 1. The molecule has 112 valence electrons. The number of nitrogens with zero attached hydrogens (tertiary/aromatic N) is 1. The van der Waals surface area contributed by atoms with Gasteiger partial charge in [0.25, 0.3) is 10.0 Å². The van der Waals surface area contributed by atoms with Gasteiger partial charge in [0.15, 0.2) is 11.5 Å². The van der Waals surface area contributed by atoms with Crippen LogP contribution in [-0.4, -0.2) is 27.6 Å². The van der Waals surface area contributed by atoms with Crippen LogP contribution < -0.4 is 14.2 Å². The van der Waals surface area contributed by atoms with Crippen molar-refractivity contribution in [3.05, 3.63) is 42.3 Å². The highest BCUT2D eigenvalue weighted by Crippen LogP contribution is 2.29. The summed E-state index contributed by atoms with van der Waals surface area (Å²) >= 11 is 0. The molecular weight excluding hydrogens is 299 g/mol. The highest BCUT2D eigenvalue weighted by Gasteiger charge is 2.17. The average Bonchev–Trinajstić information content (AvgIpc) is 2.46. The molecule has 1 heterocycles. The smallest absolute Gasteiger partial charge is 0.263 e. The molecule has 0 aliphatic heterocycles. The van der Waals surface area contributed by atoms with E-state index in [1.54, 1.807) is 0 Å². The standard InChI is InChI=1S/C13H13FN2O4S/c1-19-10-7-6-9(8-11(10)20-2)21(17,18)16-13-5-3-4-12(14)15-13/h3-8H,1-2H3,(H,15,16). The number of halogens is 1. The Morgan fingerprint density at radius 1 is 1.10 bits per heavy atom. The fourth-order valence-electron chi connectivity index (χ4n) is 1.65. The molecule has 0 radical (unpaired) electrons. The first-order valence-electron chi connectivity index (χ1n) is 5.83. The third kappa shape index (κ3) is 3.40. The molecule has 6 nitrogen and oxygen atoms in total. The summed E-state index contributed by atoms with van der Waals surface area (Å²) in [7, 11) is -1.06. The quantitative estimate of drug-likeness (QED) is 0.855. The van der Waals surface area contributed by atoms with Gasteiger partial charge >= 0.3 is 0 Å². The molecule has 2 aromatic rings. The Morgan fingerprint density at radius 3 is 2.43 bits per heavy atom. The van der Waals surface area contributed by atoms with Crippen molar-refractivity contribution in [3.8, 4) is 11.5 Å². The van der Waals surface area contributed by atoms with E-state index in [0.717, 1.165) is 6.07 Å². The second-order valence-corrected chi connectivity index (χ2v) is 5.65. The van der Waals surface area contributed by atoms with Crippen LogP contribution in [0, 0.1) is 5.95 Å². The predicted molar refractivity (Wildman–Crippen MR) is 74.5 cm³/mol. The molecular formula is C13H13FN2O4S. The minimum Gasteiger partial charge on any atom is -0.493 e. The molecule has 0 amide bonds. The molecule has 0 atom stereocenters. The molecule has 0 aliphatic carbocycles. The third-order valence-corrected chi connectivity index (χ3v) is 3.97. The van der Waals surface area contributed by atoms with Gasteiger partial charge in [-0.05, 0) is 24.3 Å². The van der Waals surface area contributed by atoms with Crippen molar-refractivity contribution in [2.45, 2.75) is 4.90 Å². The summed E-state index contributed by atoms with van der Waals surface area (Å²) in [5.41, 5.74) is 0. The van der Waals surface area contributed by atoms with E-state index in [1.165, 1.54) is 44.6 Å². The van der Waals surface area contributed by atoms with Crippen LogP contribution in [0.5, 0.6) is 11.5 Å². The SMILES string of the molecule is COc1ccc(S(=O)(=O)Nc2cccc(F)n2)cc1OC. The zero-order valence-electron chi connectivity index (χ0n) is 11.3. The van der Waals surface area contributed by atoms with Crippen molar-refractivity contribution in [2.75, 3.05) is 18.9 Å². The van der Waals surface area contributed by atoms with Gasteiger partial charge in [0.05, 0.1) is 19.1 Å². The van der Waals surface area contributed by atoms with Crippen LogP contribution in [0.15, 0.2) is 41.3 Å². The number of hydrogen-bond acceptors (Lipinski definition) is 5. The highest BCUT2D eigenvalue weighted by atomic mass is 32.2. The first-order chi connectivity index (χ1) is 9.96. The second-order valence-electron chi connectivity index (χ2n) is 3.97. The maximum absolute atomic E-state index is 13.0. The predicted octanol–water partition coefficient (Wildman–Crippen LogP) is 2.04. The topological polar surface area (TPSA) is 77.5 Å². The molecule has 0 unspecified atom stereocenters. The second kappa shape index (κ2) is 5.96. The Balaban J connectivity index is 2.35. The van der Waals surface area contributed by atoms with Crippen molar-refractivity contribution in [2.24, 2.45) is 0 Å². The van der Waals surface area contributed by atoms with Gasteiger partial charge in [-0.25, -0.2) is 13.4 Å². The Hall–Kier alpha value is -2.35. The van der Waals surface area contributed by atoms with Gasteiger partial charge in [-0.2, -0.15) is 4.39 Å². The van der Waals surface area contributed by atoms with Gasteiger partial charge in [0.1, 0.15) is 5.82 Å². The number of nitrogens with one attached hydrogen (secondary N) is 1. The van der Waals surface area contributed by atoms with E-state index in [0.29, 0.717) is 5.75 Å². The molecule has 2 rings (SSSR count). The van der Waals surface area contributed by atoms with E-state index in [4.69, 9.17) is 9.47 Å². The van der Waals surface area contributed by atoms with E-state index in [9.17, 15) is 12.8 Å². The van der Waals surface area contributed by atoms with Gasteiger partial charge in [0, 0.05) is 6.07 Å². The molecule has 1 aromatic carbocycles. The van der Waals surface area contributed by atoms with Crippen molar-refractivity contribution in [3.63, 3.8) is 0 Å². The summed E-state index contributed by atoms with van der Waals surface area (Å²) in [5.74, 6) is -0.208. The van der Waals surface area contributed by atoms with Crippen molar-refractivity contribution in [1.29, 1.82) is 0 Å². The van der Waals surface area contributed by atoms with E-state index in [1.807, 2.05) is 0 Å². The maximum atomic E-state index is 13.0. The lowest BCUT2D eigenvalue weighted by Crippen LogP contribution is -2.14. The third-order valence-electron chi connectivity index (χ3n) is 2.62. The summed E-state index contributed by atoms with van der Waals surface area (Å²) in [4.78, 5) is 3.40. The molecule has 0 bridgehead atoms. The first-order valence-corrected chi connectivity index (χ1v) is 7.32. The zero-order valence-corrected chi connectivity index (χ0v) is 12.1. The normalized spacial score (nSPS) is 11.0. The highest BCUT2D eigenvalue weighted by molar-refractivity contribution is 7.92. The lowest BCUT2D eigenvalue weighted by molar-refractivity contribution is 0.354. The monoisotopic (exact) mass is 312 g/mol.